The van der Waals surface area contributed by atoms with Gasteiger partial charge in [0, 0.05) is 17.1 Å². The van der Waals surface area contributed by atoms with Crippen LogP contribution >= 0.6 is 11.3 Å². The van der Waals surface area contributed by atoms with Crippen molar-refractivity contribution in [3.63, 3.8) is 0 Å². The number of benzene rings is 1. The van der Waals surface area contributed by atoms with E-state index < -0.39 is 17.6 Å². The van der Waals surface area contributed by atoms with E-state index in [1.165, 1.54) is 17.4 Å². The molecule has 31 heavy (non-hydrogen) atoms. The standard InChI is InChI=1S/C23H29F3N2O2S/c1-13(2)30-18-10-9-16(23(24,25)26)11-17(18)20(29)27-21-28(12-15-7-8-15)14(3)19(31-21)22(4,5)6/h9-11,13,15H,7-8,12H2,1-6H3. The maximum Gasteiger partial charge on any atom is 0.416 e. The molecule has 1 fully saturated rings. The summed E-state index contributed by atoms with van der Waals surface area (Å²) in [6.07, 6.45) is -2.57. The zero-order valence-corrected chi connectivity index (χ0v) is 19.6. The topological polar surface area (TPSA) is 43.6 Å². The maximum absolute atomic E-state index is 13.3. The van der Waals surface area contributed by atoms with Crippen molar-refractivity contribution in [2.75, 3.05) is 0 Å². The van der Waals surface area contributed by atoms with Gasteiger partial charge in [-0.1, -0.05) is 20.8 Å². The summed E-state index contributed by atoms with van der Waals surface area (Å²) in [6, 6.07) is 2.96. The van der Waals surface area contributed by atoms with Gasteiger partial charge in [0.05, 0.1) is 17.2 Å². The van der Waals surface area contributed by atoms with Crippen molar-refractivity contribution in [2.45, 2.75) is 78.6 Å². The molecule has 1 aliphatic carbocycles. The van der Waals surface area contributed by atoms with Crippen molar-refractivity contribution >= 4 is 17.2 Å². The van der Waals surface area contributed by atoms with Gasteiger partial charge in [0.2, 0.25) is 0 Å². The van der Waals surface area contributed by atoms with Crippen molar-refractivity contribution < 1.29 is 22.7 Å². The van der Waals surface area contributed by atoms with Crippen molar-refractivity contribution in [3.05, 3.63) is 44.7 Å². The number of amides is 1. The van der Waals surface area contributed by atoms with Crippen molar-refractivity contribution in [1.82, 2.24) is 4.57 Å². The molecule has 1 aliphatic rings. The molecule has 2 aromatic rings. The van der Waals surface area contributed by atoms with Gasteiger partial charge in [-0.3, -0.25) is 4.79 Å². The molecule has 1 amide bonds. The van der Waals surface area contributed by atoms with E-state index in [9.17, 15) is 18.0 Å². The first-order valence-corrected chi connectivity index (χ1v) is 11.3. The van der Waals surface area contributed by atoms with E-state index in [1.54, 1.807) is 13.8 Å². The zero-order valence-electron chi connectivity index (χ0n) is 18.8. The maximum atomic E-state index is 13.3. The molecule has 8 heteroatoms. The average Bonchev–Trinajstić information content (AvgIpc) is 3.39. The second-order valence-electron chi connectivity index (χ2n) is 9.40. The predicted octanol–water partition coefficient (Wildman–Crippen LogP) is 6.11. The monoisotopic (exact) mass is 454 g/mol. The van der Waals surface area contributed by atoms with Crippen LogP contribution in [0.2, 0.25) is 0 Å². The number of hydrogen-bond acceptors (Lipinski definition) is 3. The highest BCUT2D eigenvalue weighted by atomic mass is 32.1. The van der Waals surface area contributed by atoms with Crippen LogP contribution in [0.15, 0.2) is 23.2 Å². The number of carbonyl (C=O) groups excluding carboxylic acids is 1. The largest absolute Gasteiger partial charge is 0.490 e. The highest BCUT2D eigenvalue weighted by Crippen LogP contribution is 2.35. The van der Waals surface area contributed by atoms with Gasteiger partial charge in [0.15, 0.2) is 4.80 Å². The minimum atomic E-state index is -4.56. The number of hydrogen-bond donors (Lipinski definition) is 0. The molecular formula is C23H29F3N2O2S. The van der Waals surface area contributed by atoms with E-state index >= 15 is 0 Å². The summed E-state index contributed by atoms with van der Waals surface area (Å²) in [6.45, 7) is 12.6. The van der Waals surface area contributed by atoms with E-state index in [-0.39, 0.29) is 22.8 Å². The van der Waals surface area contributed by atoms with Crippen LogP contribution in [0, 0.1) is 12.8 Å². The van der Waals surface area contributed by atoms with Gasteiger partial charge in [0.1, 0.15) is 5.75 Å². The van der Waals surface area contributed by atoms with E-state index in [0.717, 1.165) is 42.1 Å². The zero-order chi connectivity index (χ0) is 23.1. The van der Waals surface area contributed by atoms with Crippen molar-refractivity contribution in [1.29, 1.82) is 0 Å². The Morgan fingerprint density at radius 1 is 1.26 bits per heavy atom. The number of aromatic nitrogens is 1. The summed E-state index contributed by atoms with van der Waals surface area (Å²) in [5.74, 6) is -0.0635. The molecule has 1 saturated carbocycles. The third-order valence-corrected chi connectivity index (χ3v) is 6.68. The molecule has 3 rings (SSSR count). The highest BCUT2D eigenvalue weighted by Gasteiger charge is 2.32. The van der Waals surface area contributed by atoms with E-state index in [1.807, 2.05) is 11.5 Å². The number of rotatable bonds is 5. The minimum absolute atomic E-state index is 0.106. The molecule has 0 N–H and O–H groups in total. The Bertz CT molecular complexity index is 1040. The van der Waals surface area contributed by atoms with Gasteiger partial charge in [-0.25, -0.2) is 0 Å². The molecule has 170 valence electrons. The first-order chi connectivity index (χ1) is 14.3. The van der Waals surface area contributed by atoms with Gasteiger partial charge in [0.25, 0.3) is 5.91 Å². The molecule has 1 heterocycles. The first kappa shape index (κ1) is 23.6. The second kappa shape index (κ2) is 8.45. The molecule has 4 nitrogen and oxygen atoms in total. The van der Waals surface area contributed by atoms with E-state index in [4.69, 9.17) is 4.74 Å². The summed E-state index contributed by atoms with van der Waals surface area (Å²) in [5, 5.41) is 0. The lowest BCUT2D eigenvalue weighted by molar-refractivity contribution is -0.137. The quantitative estimate of drug-likeness (QED) is 0.547. The number of alkyl halides is 3. The minimum Gasteiger partial charge on any atom is -0.490 e. The second-order valence-corrected chi connectivity index (χ2v) is 10.4. The number of nitrogens with zero attached hydrogens (tertiary/aromatic N) is 2. The summed E-state index contributed by atoms with van der Waals surface area (Å²) in [5.41, 5.74) is -0.145. The first-order valence-electron chi connectivity index (χ1n) is 10.4. The van der Waals surface area contributed by atoms with Crippen LogP contribution < -0.4 is 9.54 Å². The van der Waals surface area contributed by atoms with Crippen LogP contribution in [0.5, 0.6) is 5.75 Å². The Hall–Kier alpha value is -2.09. The Balaban J connectivity index is 2.12. The van der Waals surface area contributed by atoms with Gasteiger partial charge < -0.3 is 9.30 Å². The number of thiazole rings is 1. The van der Waals surface area contributed by atoms with E-state index in [0.29, 0.717) is 10.7 Å². The summed E-state index contributed by atoms with van der Waals surface area (Å²) < 4.78 is 47.5. The third-order valence-electron chi connectivity index (χ3n) is 5.07. The Labute approximate surface area is 184 Å². The summed E-state index contributed by atoms with van der Waals surface area (Å²) in [7, 11) is 0. The van der Waals surface area contributed by atoms with Gasteiger partial charge >= 0.3 is 6.18 Å². The van der Waals surface area contributed by atoms with Crippen LogP contribution in [0.25, 0.3) is 0 Å². The number of halogens is 3. The normalized spacial score (nSPS) is 15.6. The Kier molecular flexibility index (Phi) is 6.42. The molecular weight excluding hydrogens is 425 g/mol. The lowest BCUT2D eigenvalue weighted by Crippen LogP contribution is -2.20. The fraction of sp³-hybridized carbons (Fsp3) is 0.565. The summed E-state index contributed by atoms with van der Waals surface area (Å²) in [4.78, 5) is 19.0. The number of ether oxygens (including phenoxy) is 1. The van der Waals surface area contributed by atoms with Crippen LogP contribution in [0.4, 0.5) is 13.2 Å². The van der Waals surface area contributed by atoms with Crippen LogP contribution in [-0.4, -0.2) is 16.6 Å². The lowest BCUT2D eigenvalue weighted by Gasteiger charge is -2.17. The van der Waals surface area contributed by atoms with Crippen molar-refractivity contribution in [3.8, 4) is 5.75 Å². The fourth-order valence-corrected chi connectivity index (χ4v) is 4.61. The van der Waals surface area contributed by atoms with Crippen LogP contribution in [0.3, 0.4) is 0 Å². The van der Waals surface area contributed by atoms with Crippen LogP contribution in [-0.2, 0) is 18.1 Å². The average molecular weight is 455 g/mol. The molecule has 0 radical (unpaired) electrons. The number of carbonyl (C=O) groups is 1. The smallest absolute Gasteiger partial charge is 0.416 e. The van der Waals surface area contributed by atoms with Gasteiger partial charge in [-0.05, 0) is 63.1 Å². The predicted molar refractivity (Wildman–Crippen MR) is 116 cm³/mol. The Morgan fingerprint density at radius 2 is 1.90 bits per heavy atom. The molecule has 0 aliphatic heterocycles. The molecule has 0 spiro atoms. The van der Waals surface area contributed by atoms with Crippen molar-refractivity contribution in [2.24, 2.45) is 10.9 Å². The third kappa shape index (κ3) is 5.59. The van der Waals surface area contributed by atoms with Gasteiger partial charge in [-0.2, -0.15) is 18.2 Å². The van der Waals surface area contributed by atoms with Crippen LogP contribution in [0.1, 0.15) is 74.0 Å². The molecule has 1 aromatic carbocycles. The molecule has 0 bridgehead atoms. The van der Waals surface area contributed by atoms with Gasteiger partial charge in [-0.15, -0.1) is 11.3 Å². The SMILES string of the molecule is Cc1c(C(C)(C)C)sc(=NC(=O)c2cc(C(F)(F)F)ccc2OC(C)C)n1CC1CC1. The molecule has 0 unspecified atom stereocenters. The molecule has 0 atom stereocenters. The fourth-order valence-electron chi connectivity index (χ4n) is 3.42. The molecule has 1 aromatic heterocycles. The van der Waals surface area contributed by atoms with E-state index in [2.05, 4.69) is 25.8 Å². The lowest BCUT2D eigenvalue weighted by atomic mass is 9.93. The Morgan fingerprint density at radius 3 is 2.42 bits per heavy atom. The molecule has 0 saturated heterocycles. The highest BCUT2D eigenvalue weighted by molar-refractivity contribution is 7.09. The summed E-state index contributed by atoms with van der Waals surface area (Å²) >= 11 is 1.43.